The number of ether oxygens (including phenoxy) is 1. The minimum Gasteiger partial charge on any atom is -0.399 e. The highest BCUT2D eigenvalue weighted by atomic mass is 16.5. The fraction of sp³-hybridized carbons (Fsp3) is 0.367. The fourth-order valence-electron chi connectivity index (χ4n) is 4.63. The second-order valence-corrected chi connectivity index (χ2v) is 10.6. The molecule has 0 aliphatic carbocycles. The van der Waals surface area contributed by atoms with Gasteiger partial charge in [-0.1, -0.05) is 24.3 Å². The molecule has 13 nitrogen and oxygen atoms in total. The summed E-state index contributed by atoms with van der Waals surface area (Å²) in [5, 5.41) is 16.3. The molecule has 0 saturated carbocycles. The number of aromatic nitrogens is 2. The van der Waals surface area contributed by atoms with Crippen LogP contribution in [0.25, 0.3) is 11.3 Å². The molecule has 8 N–H and O–H groups in total. The van der Waals surface area contributed by atoms with Crippen molar-refractivity contribution in [1.29, 1.82) is 5.41 Å². The zero-order chi connectivity index (χ0) is 30.9. The van der Waals surface area contributed by atoms with Gasteiger partial charge >= 0.3 is 0 Å². The van der Waals surface area contributed by atoms with Crippen molar-refractivity contribution in [1.82, 2.24) is 25.1 Å². The predicted molar refractivity (Wildman–Crippen MR) is 166 cm³/mol. The molecule has 1 fully saturated rings. The Kier molecular flexibility index (Phi) is 10.5. The van der Waals surface area contributed by atoms with Gasteiger partial charge in [0.15, 0.2) is 5.82 Å². The van der Waals surface area contributed by atoms with Crippen molar-refractivity contribution in [3.63, 3.8) is 0 Å². The van der Waals surface area contributed by atoms with Gasteiger partial charge in [0.2, 0.25) is 5.91 Å². The van der Waals surface area contributed by atoms with Gasteiger partial charge in [-0.2, -0.15) is 0 Å². The molecule has 1 aliphatic rings. The monoisotopic (exact) mass is 589 g/mol. The summed E-state index contributed by atoms with van der Waals surface area (Å²) in [5.41, 5.74) is 14.1. The van der Waals surface area contributed by atoms with E-state index in [-0.39, 0.29) is 36.7 Å². The van der Waals surface area contributed by atoms with Crippen LogP contribution < -0.4 is 33.0 Å². The maximum Gasteiger partial charge on any atom is 0.294 e. The van der Waals surface area contributed by atoms with Crippen molar-refractivity contribution in [2.24, 2.45) is 5.73 Å². The van der Waals surface area contributed by atoms with Crippen molar-refractivity contribution >= 4 is 29.2 Å². The number of nitrogens with two attached hydrogens (primary N) is 2. The molecule has 2 aromatic carbocycles. The van der Waals surface area contributed by atoms with Crippen molar-refractivity contribution in [2.75, 3.05) is 50.4 Å². The molecule has 0 atom stereocenters. The second kappa shape index (κ2) is 14.4. The standard InChI is InChI=1S/C30H39N9O4/c1-19(2)37-28-30(42)39(18-26(40)35-16-20-3-5-21(6-4-20)27(32)33)25(17-36-28)22-13-23(15-24(31)14-22)29(41)34-7-8-38-9-11-43-12-10-38/h3-6,13-15,17,19H,7-12,16,18,31H2,1-2H3,(H3,32,33)(H,34,41)(H,35,40)(H,36,37). The molecule has 228 valence electrons. The lowest BCUT2D eigenvalue weighted by atomic mass is 10.1. The van der Waals surface area contributed by atoms with Gasteiger partial charge < -0.3 is 32.2 Å². The number of nitrogen functional groups attached to an aromatic ring is 2. The Morgan fingerprint density at radius 3 is 2.47 bits per heavy atom. The zero-order valence-corrected chi connectivity index (χ0v) is 24.5. The molecule has 4 rings (SSSR count). The Morgan fingerprint density at radius 1 is 1.07 bits per heavy atom. The number of hydrogen-bond acceptors (Lipinski definition) is 9. The van der Waals surface area contributed by atoms with E-state index in [1.165, 1.54) is 10.8 Å². The number of rotatable bonds is 12. The molecule has 0 bridgehead atoms. The van der Waals surface area contributed by atoms with E-state index in [1.807, 2.05) is 13.8 Å². The topological polar surface area (TPSA) is 193 Å². The number of morpholine rings is 1. The highest BCUT2D eigenvalue weighted by Gasteiger charge is 2.18. The van der Waals surface area contributed by atoms with Crippen LogP contribution >= 0.6 is 0 Å². The molecule has 0 spiro atoms. The molecule has 1 aromatic heterocycles. The Hall–Kier alpha value is -4.75. The van der Waals surface area contributed by atoms with E-state index in [0.717, 1.165) is 18.7 Å². The maximum absolute atomic E-state index is 13.5. The quantitative estimate of drug-likeness (QED) is 0.101. The van der Waals surface area contributed by atoms with Gasteiger partial charge in [0.05, 0.1) is 25.1 Å². The van der Waals surface area contributed by atoms with Gasteiger partial charge in [0.25, 0.3) is 11.5 Å². The number of hydrogen-bond donors (Lipinski definition) is 6. The van der Waals surface area contributed by atoms with Crippen LogP contribution in [0.1, 0.15) is 35.3 Å². The summed E-state index contributed by atoms with van der Waals surface area (Å²) in [7, 11) is 0. The highest BCUT2D eigenvalue weighted by molar-refractivity contribution is 5.96. The van der Waals surface area contributed by atoms with Gasteiger partial charge in [0.1, 0.15) is 12.4 Å². The maximum atomic E-state index is 13.5. The first-order valence-corrected chi connectivity index (χ1v) is 14.2. The van der Waals surface area contributed by atoms with E-state index < -0.39 is 11.5 Å². The summed E-state index contributed by atoms with van der Waals surface area (Å²) in [4.78, 5) is 46.1. The summed E-state index contributed by atoms with van der Waals surface area (Å²) in [6, 6.07) is 11.7. The average Bonchev–Trinajstić information content (AvgIpc) is 2.98. The molecular weight excluding hydrogens is 550 g/mol. The summed E-state index contributed by atoms with van der Waals surface area (Å²) in [5.74, 6) is -0.626. The van der Waals surface area contributed by atoms with Crippen molar-refractivity contribution < 1.29 is 14.3 Å². The Bertz CT molecular complexity index is 1510. The molecule has 2 amide bonds. The van der Waals surface area contributed by atoms with Crippen molar-refractivity contribution in [3.8, 4) is 11.3 Å². The summed E-state index contributed by atoms with van der Waals surface area (Å²) in [6.07, 6.45) is 1.49. The third-order valence-corrected chi connectivity index (χ3v) is 6.87. The first-order valence-electron chi connectivity index (χ1n) is 14.2. The average molecular weight is 590 g/mol. The molecule has 0 radical (unpaired) electrons. The summed E-state index contributed by atoms with van der Waals surface area (Å²) < 4.78 is 6.69. The number of carbonyl (C=O) groups excluding carboxylic acids is 2. The molecule has 13 heteroatoms. The number of anilines is 2. The molecule has 2 heterocycles. The van der Waals surface area contributed by atoms with Crippen LogP contribution in [0.2, 0.25) is 0 Å². The number of nitrogens with zero attached hydrogens (tertiary/aromatic N) is 3. The van der Waals surface area contributed by atoms with Crippen LogP contribution in [-0.4, -0.2) is 77.5 Å². The van der Waals surface area contributed by atoms with Crippen molar-refractivity contribution in [2.45, 2.75) is 33.0 Å². The zero-order valence-electron chi connectivity index (χ0n) is 24.5. The minimum atomic E-state index is -0.480. The number of carbonyl (C=O) groups is 2. The van der Waals surface area contributed by atoms with Gasteiger partial charge in [0, 0.05) is 61.1 Å². The lowest BCUT2D eigenvalue weighted by Gasteiger charge is -2.26. The van der Waals surface area contributed by atoms with E-state index in [0.29, 0.717) is 54.4 Å². The van der Waals surface area contributed by atoms with Crippen molar-refractivity contribution in [3.05, 3.63) is 75.7 Å². The van der Waals surface area contributed by atoms with Gasteiger partial charge in [-0.3, -0.25) is 29.3 Å². The molecule has 0 unspecified atom stereocenters. The number of amidine groups is 1. The van der Waals surface area contributed by atoms with E-state index in [9.17, 15) is 14.4 Å². The summed E-state index contributed by atoms with van der Waals surface area (Å²) >= 11 is 0. The molecule has 1 saturated heterocycles. The molecular formula is C30H39N9O4. The predicted octanol–water partition coefficient (Wildman–Crippen LogP) is 0.975. The lowest BCUT2D eigenvalue weighted by molar-refractivity contribution is -0.121. The molecule has 43 heavy (non-hydrogen) atoms. The molecule has 3 aromatic rings. The smallest absolute Gasteiger partial charge is 0.294 e. The molecule has 1 aliphatic heterocycles. The van der Waals surface area contributed by atoms with E-state index in [1.54, 1.807) is 42.5 Å². The van der Waals surface area contributed by atoms with Crippen LogP contribution in [0.5, 0.6) is 0 Å². The normalized spacial score (nSPS) is 13.5. The van der Waals surface area contributed by atoms with E-state index >= 15 is 0 Å². The van der Waals surface area contributed by atoms with E-state index in [4.69, 9.17) is 21.6 Å². The third kappa shape index (κ3) is 8.63. The van der Waals surface area contributed by atoms with Crippen LogP contribution in [0.15, 0.2) is 53.5 Å². The number of amides is 2. The number of benzene rings is 2. The largest absolute Gasteiger partial charge is 0.399 e. The van der Waals surface area contributed by atoms with E-state index in [2.05, 4.69) is 25.8 Å². The van der Waals surface area contributed by atoms with Crippen LogP contribution in [0.3, 0.4) is 0 Å². The second-order valence-electron chi connectivity index (χ2n) is 10.6. The summed E-state index contributed by atoms with van der Waals surface area (Å²) in [6.45, 7) is 7.86. The lowest BCUT2D eigenvalue weighted by Crippen LogP contribution is -2.41. The third-order valence-electron chi connectivity index (χ3n) is 6.87. The van der Waals surface area contributed by atoms with Crippen LogP contribution in [-0.2, 0) is 22.6 Å². The SMILES string of the molecule is CC(C)Nc1ncc(-c2cc(N)cc(C(=O)NCCN3CCOCC3)c2)n(CC(=O)NCc2ccc(C(=N)N)cc2)c1=O. The van der Waals surface area contributed by atoms with Gasteiger partial charge in [-0.05, 0) is 37.6 Å². The highest BCUT2D eigenvalue weighted by Crippen LogP contribution is 2.23. The first-order chi connectivity index (χ1) is 20.6. The van der Waals surface area contributed by atoms with Gasteiger partial charge in [-0.25, -0.2) is 4.98 Å². The minimum absolute atomic E-state index is 0.0406. The van der Waals surface area contributed by atoms with Crippen LogP contribution in [0.4, 0.5) is 11.5 Å². The Labute approximate surface area is 250 Å². The van der Waals surface area contributed by atoms with Crippen LogP contribution in [0, 0.1) is 5.41 Å². The fourth-order valence-corrected chi connectivity index (χ4v) is 4.63. The number of nitrogens with one attached hydrogen (secondary N) is 4. The Morgan fingerprint density at radius 2 is 1.79 bits per heavy atom. The first kappa shape index (κ1) is 31.2. The Balaban J connectivity index is 1.54. The van der Waals surface area contributed by atoms with Gasteiger partial charge in [-0.15, -0.1) is 0 Å².